The van der Waals surface area contributed by atoms with Crippen molar-refractivity contribution in [2.45, 2.75) is 13.5 Å². The van der Waals surface area contributed by atoms with Gasteiger partial charge < -0.3 is 14.8 Å². The van der Waals surface area contributed by atoms with Crippen LogP contribution in [0.15, 0.2) is 42.5 Å². The van der Waals surface area contributed by atoms with Crippen molar-refractivity contribution in [2.75, 3.05) is 19.5 Å². The summed E-state index contributed by atoms with van der Waals surface area (Å²) in [6.45, 7) is 2.26. The lowest BCUT2D eigenvalue weighted by Gasteiger charge is -2.14. The van der Waals surface area contributed by atoms with Gasteiger partial charge in [0.15, 0.2) is 17.0 Å². The molecule has 2 aromatic heterocycles. The van der Waals surface area contributed by atoms with Gasteiger partial charge in [-0.2, -0.15) is 0 Å². The van der Waals surface area contributed by atoms with Crippen LogP contribution in [-0.4, -0.2) is 39.2 Å². The Morgan fingerprint density at radius 2 is 1.72 bits per heavy atom. The van der Waals surface area contributed by atoms with Gasteiger partial charge in [0.25, 0.3) is 0 Å². The van der Waals surface area contributed by atoms with Gasteiger partial charge in [-0.3, -0.25) is 0 Å². The molecule has 0 saturated carbocycles. The first-order valence-electron chi connectivity index (χ1n) is 8.90. The van der Waals surface area contributed by atoms with Crippen LogP contribution in [0.25, 0.3) is 11.2 Å². The van der Waals surface area contributed by atoms with Crippen molar-refractivity contribution >= 4 is 34.3 Å². The van der Waals surface area contributed by atoms with Crippen molar-refractivity contribution in [1.82, 2.24) is 25.0 Å². The summed E-state index contributed by atoms with van der Waals surface area (Å²) in [6.07, 6.45) is 0. The Morgan fingerprint density at radius 1 is 1.00 bits per heavy atom. The van der Waals surface area contributed by atoms with Crippen LogP contribution in [0, 0.1) is 6.92 Å². The predicted octanol–water partition coefficient (Wildman–Crippen LogP) is 3.99. The second-order valence-electron chi connectivity index (χ2n) is 6.29. The van der Waals surface area contributed by atoms with Gasteiger partial charge in [0.05, 0.1) is 20.8 Å². The third kappa shape index (κ3) is 3.66. The largest absolute Gasteiger partial charge is 0.494 e. The van der Waals surface area contributed by atoms with Gasteiger partial charge in [0.2, 0.25) is 0 Å². The highest BCUT2D eigenvalue weighted by atomic mass is 35.5. The molecule has 9 heteroatoms. The number of para-hydroxylation sites is 1. The molecule has 0 aliphatic carbocycles. The number of anilines is 2. The molecule has 1 N–H and O–H groups in total. The van der Waals surface area contributed by atoms with E-state index in [1.807, 2.05) is 49.4 Å². The molecule has 0 bridgehead atoms. The number of halogens is 1. The van der Waals surface area contributed by atoms with Crippen molar-refractivity contribution in [1.29, 1.82) is 0 Å². The van der Waals surface area contributed by atoms with E-state index in [0.717, 1.165) is 5.56 Å². The molecular weight excluding hydrogens is 392 g/mol. The summed E-state index contributed by atoms with van der Waals surface area (Å²) in [4.78, 5) is 9.04. The summed E-state index contributed by atoms with van der Waals surface area (Å²) in [5.74, 6) is 2.34. The molecule has 2 aromatic carbocycles. The zero-order valence-corrected chi connectivity index (χ0v) is 16.9. The Kier molecular flexibility index (Phi) is 5.18. The molecule has 2 heterocycles. The molecule has 0 aliphatic heterocycles. The molecule has 0 saturated heterocycles. The molecule has 0 atom stereocenters. The highest BCUT2D eigenvalue weighted by Crippen LogP contribution is 2.37. The highest BCUT2D eigenvalue weighted by molar-refractivity contribution is 6.31. The lowest BCUT2D eigenvalue weighted by atomic mass is 10.2. The van der Waals surface area contributed by atoms with E-state index < -0.39 is 0 Å². The topological polar surface area (TPSA) is 87.0 Å². The molecule has 0 amide bonds. The number of methoxy groups -OCH3 is 2. The molecule has 148 valence electrons. The summed E-state index contributed by atoms with van der Waals surface area (Å²) < 4.78 is 12.6. The normalized spacial score (nSPS) is 10.9. The molecule has 4 aromatic rings. The van der Waals surface area contributed by atoms with E-state index >= 15 is 0 Å². The van der Waals surface area contributed by atoms with Gasteiger partial charge in [-0.1, -0.05) is 41.1 Å². The van der Waals surface area contributed by atoms with Crippen LogP contribution in [0.1, 0.15) is 11.4 Å². The summed E-state index contributed by atoms with van der Waals surface area (Å²) in [6, 6.07) is 13.1. The average Bonchev–Trinajstić information content (AvgIpc) is 3.12. The zero-order chi connectivity index (χ0) is 20.4. The molecule has 0 fully saturated rings. The van der Waals surface area contributed by atoms with Gasteiger partial charge >= 0.3 is 0 Å². The average molecular weight is 411 g/mol. The minimum atomic E-state index is 0.448. The van der Waals surface area contributed by atoms with Crippen LogP contribution >= 0.6 is 11.6 Å². The van der Waals surface area contributed by atoms with E-state index in [-0.39, 0.29) is 0 Å². The second kappa shape index (κ2) is 7.92. The van der Waals surface area contributed by atoms with Crippen molar-refractivity contribution in [2.24, 2.45) is 0 Å². The maximum absolute atomic E-state index is 6.29. The van der Waals surface area contributed by atoms with E-state index in [4.69, 9.17) is 21.1 Å². The number of nitrogens with one attached hydrogen (secondary N) is 1. The second-order valence-corrected chi connectivity index (χ2v) is 6.70. The van der Waals surface area contributed by atoms with E-state index in [1.54, 1.807) is 18.9 Å². The lowest BCUT2D eigenvalue weighted by Crippen LogP contribution is -2.06. The fourth-order valence-electron chi connectivity index (χ4n) is 3.04. The third-order valence-electron chi connectivity index (χ3n) is 4.42. The van der Waals surface area contributed by atoms with E-state index in [2.05, 4.69) is 25.6 Å². The lowest BCUT2D eigenvalue weighted by molar-refractivity contribution is 0.398. The van der Waals surface area contributed by atoms with Crippen molar-refractivity contribution in [3.63, 3.8) is 0 Å². The number of benzene rings is 2. The maximum Gasteiger partial charge on any atom is 0.184 e. The Labute approximate surface area is 172 Å². The summed E-state index contributed by atoms with van der Waals surface area (Å²) in [5.41, 5.74) is 2.72. The molecule has 0 unspecified atom stereocenters. The molecule has 8 nitrogen and oxygen atoms in total. The van der Waals surface area contributed by atoms with Crippen molar-refractivity contribution < 1.29 is 9.47 Å². The Balaban J connectivity index is 1.78. The quantitative estimate of drug-likeness (QED) is 0.514. The van der Waals surface area contributed by atoms with E-state index in [9.17, 15) is 0 Å². The standard InChI is InChI=1S/C20H19ClN6O2/c1-12-22-19(24-17-15(28-2)9-6-10-16(17)29-3)18-20(23-12)27(26-25-18)11-13-7-4-5-8-14(13)21/h4-10H,11H2,1-3H3,(H,22,23,24). The highest BCUT2D eigenvalue weighted by Gasteiger charge is 2.18. The monoisotopic (exact) mass is 410 g/mol. The fraction of sp³-hybridized carbons (Fsp3) is 0.200. The molecule has 4 rings (SSSR count). The van der Waals surface area contributed by atoms with E-state index in [1.165, 1.54) is 0 Å². The van der Waals surface area contributed by atoms with Gasteiger partial charge in [-0.15, -0.1) is 5.10 Å². The van der Waals surface area contributed by atoms with E-state index in [0.29, 0.717) is 51.6 Å². The molecule has 0 radical (unpaired) electrons. The molecule has 0 aliphatic rings. The van der Waals surface area contributed by atoms with Gasteiger partial charge in [0.1, 0.15) is 23.0 Å². The first-order valence-corrected chi connectivity index (χ1v) is 9.27. The van der Waals surface area contributed by atoms with Gasteiger partial charge in [0, 0.05) is 5.02 Å². The van der Waals surface area contributed by atoms with Gasteiger partial charge in [-0.25, -0.2) is 14.6 Å². The van der Waals surface area contributed by atoms with Crippen molar-refractivity contribution in [3.05, 3.63) is 58.9 Å². The summed E-state index contributed by atoms with van der Waals surface area (Å²) in [5, 5.41) is 12.5. The first kappa shape index (κ1) is 18.9. The number of hydrogen-bond donors (Lipinski definition) is 1. The zero-order valence-electron chi connectivity index (χ0n) is 16.2. The Bertz CT molecular complexity index is 1150. The van der Waals surface area contributed by atoms with Gasteiger partial charge in [-0.05, 0) is 30.7 Å². The Hall–Kier alpha value is -3.39. The molecule has 29 heavy (non-hydrogen) atoms. The molecular formula is C20H19ClN6O2. The fourth-order valence-corrected chi connectivity index (χ4v) is 3.23. The number of rotatable bonds is 6. The maximum atomic E-state index is 6.29. The summed E-state index contributed by atoms with van der Waals surface area (Å²) in [7, 11) is 3.20. The predicted molar refractivity (Wildman–Crippen MR) is 111 cm³/mol. The first-order chi connectivity index (χ1) is 14.1. The number of hydrogen-bond acceptors (Lipinski definition) is 7. The smallest absolute Gasteiger partial charge is 0.184 e. The minimum absolute atomic E-state index is 0.448. The number of ether oxygens (including phenoxy) is 2. The number of fused-ring (bicyclic) bond motifs is 1. The number of aryl methyl sites for hydroxylation is 1. The minimum Gasteiger partial charge on any atom is -0.494 e. The number of nitrogens with zero attached hydrogens (tertiary/aromatic N) is 5. The summed E-state index contributed by atoms with van der Waals surface area (Å²) >= 11 is 6.29. The van der Waals surface area contributed by atoms with Crippen LogP contribution in [-0.2, 0) is 6.54 Å². The van der Waals surface area contributed by atoms with Crippen LogP contribution in [0.4, 0.5) is 11.5 Å². The Morgan fingerprint density at radius 3 is 2.41 bits per heavy atom. The van der Waals surface area contributed by atoms with Crippen LogP contribution in [0.5, 0.6) is 11.5 Å². The van der Waals surface area contributed by atoms with Crippen LogP contribution in [0.2, 0.25) is 5.02 Å². The third-order valence-corrected chi connectivity index (χ3v) is 4.79. The SMILES string of the molecule is COc1cccc(OC)c1Nc1nc(C)nc2c1nnn2Cc1ccccc1Cl. The van der Waals surface area contributed by atoms with Crippen molar-refractivity contribution in [3.8, 4) is 11.5 Å². The van der Waals surface area contributed by atoms with Crippen LogP contribution < -0.4 is 14.8 Å². The van der Waals surface area contributed by atoms with Crippen LogP contribution in [0.3, 0.4) is 0 Å². The molecule has 0 spiro atoms. The number of aromatic nitrogens is 5.